The number of sulfonamides is 2. The number of amides is 1. The minimum atomic E-state index is -3.95. The fraction of sp³-hybridized carbons (Fsp3) is 0.0938. The number of rotatable bonds is 10. The van der Waals surface area contributed by atoms with E-state index in [9.17, 15) is 21.6 Å². The summed E-state index contributed by atoms with van der Waals surface area (Å²) < 4.78 is 56.5. The quantitative estimate of drug-likeness (QED) is 0.182. The molecule has 0 saturated carbocycles. The molecule has 0 spiro atoms. The number of halogens is 1. The van der Waals surface area contributed by atoms with Crippen LogP contribution >= 0.6 is 11.6 Å². The van der Waals surface area contributed by atoms with Gasteiger partial charge in [0.05, 0.1) is 22.0 Å². The molecule has 0 fully saturated rings. The first-order valence-corrected chi connectivity index (χ1v) is 16.9. The third kappa shape index (κ3) is 7.48. The van der Waals surface area contributed by atoms with Crippen molar-refractivity contribution in [3.63, 3.8) is 0 Å². The van der Waals surface area contributed by atoms with Crippen LogP contribution in [0.4, 0.5) is 17.3 Å². The van der Waals surface area contributed by atoms with Crippen LogP contribution in [0.1, 0.15) is 27.2 Å². The van der Waals surface area contributed by atoms with Gasteiger partial charge < -0.3 is 5.32 Å². The molecule has 13 heteroatoms. The zero-order chi connectivity index (χ0) is 32.2. The maximum Gasteiger partial charge on any atom is 0.264 e. The van der Waals surface area contributed by atoms with Crippen LogP contribution in [0.15, 0.2) is 119 Å². The maximum absolute atomic E-state index is 13.7. The van der Waals surface area contributed by atoms with Gasteiger partial charge in [0.1, 0.15) is 0 Å². The van der Waals surface area contributed by atoms with Crippen molar-refractivity contribution in [3.05, 3.63) is 137 Å². The maximum atomic E-state index is 13.7. The van der Waals surface area contributed by atoms with Crippen molar-refractivity contribution in [1.82, 2.24) is 9.97 Å². The van der Waals surface area contributed by atoms with E-state index in [1.807, 2.05) is 6.92 Å². The van der Waals surface area contributed by atoms with Crippen LogP contribution in [0.5, 0.6) is 0 Å². The highest BCUT2D eigenvalue weighted by molar-refractivity contribution is 7.93. The zero-order valence-corrected chi connectivity index (χ0v) is 26.6. The number of anilines is 3. The van der Waals surface area contributed by atoms with Crippen LogP contribution in [0, 0.1) is 13.8 Å². The summed E-state index contributed by atoms with van der Waals surface area (Å²) in [6, 6.07) is 27.0. The molecule has 0 atom stereocenters. The summed E-state index contributed by atoms with van der Waals surface area (Å²) in [6.45, 7) is 3.53. The monoisotopic (exact) mass is 661 g/mol. The molecule has 5 rings (SSSR count). The van der Waals surface area contributed by atoms with Crippen molar-refractivity contribution < 1.29 is 21.6 Å². The molecule has 0 aliphatic rings. The number of nitrogens with one attached hydrogen (secondary N) is 2. The number of hydrogen-bond donors (Lipinski definition) is 2. The molecule has 230 valence electrons. The summed E-state index contributed by atoms with van der Waals surface area (Å²) in [5.41, 5.74) is 3.13. The molecule has 2 N–H and O–H groups in total. The molecule has 5 aromatic rings. The highest BCUT2D eigenvalue weighted by Gasteiger charge is 2.27. The third-order valence-corrected chi connectivity index (χ3v) is 10.1. The molecule has 4 aromatic carbocycles. The number of benzene rings is 4. The summed E-state index contributed by atoms with van der Waals surface area (Å²) in [4.78, 5) is 21.0. The summed E-state index contributed by atoms with van der Waals surface area (Å²) in [5.74, 6) is -0.470. The molecule has 10 nitrogen and oxygen atoms in total. The molecular formula is C32H28ClN5O5S2. The first kappa shape index (κ1) is 31.6. The van der Waals surface area contributed by atoms with Crippen molar-refractivity contribution in [2.45, 2.75) is 30.2 Å². The molecule has 1 aromatic heterocycles. The molecule has 0 bridgehead atoms. The molecule has 45 heavy (non-hydrogen) atoms. The molecule has 0 radical (unpaired) electrons. The predicted molar refractivity (Wildman–Crippen MR) is 174 cm³/mol. The Morgan fingerprint density at radius 1 is 0.822 bits per heavy atom. The second kappa shape index (κ2) is 13.1. The van der Waals surface area contributed by atoms with Crippen LogP contribution in [-0.2, 0) is 26.6 Å². The zero-order valence-electron chi connectivity index (χ0n) is 24.2. The standard InChI is InChI=1S/C32H28ClN5O5S2/c1-22-8-13-26(33)20-30(22)38(45(42,43)29-6-4-3-5-7-29)21-24-9-11-25(12-10-24)31(39)36-27-14-16-28(17-15-27)44(40,41)37-32-34-19-18-23(2)35-32/h3-20H,21H2,1-2H3,(H,36,39)(H,34,35,37). The lowest BCUT2D eigenvalue weighted by molar-refractivity contribution is 0.102. The van der Waals surface area contributed by atoms with E-state index in [0.29, 0.717) is 33.2 Å². The Balaban J connectivity index is 1.31. The Bertz CT molecular complexity index is 2060. The van der Waals surface area contributed by atoms with Crippen molar-refractivity contribution >= 4 is 54.9 Å². The number of aryl methyl sites for hydroxylation is 2. The Kier molecular flexibility index (Phi) is 9.19. The first-order chi connectivity index (χ1) is 21.4. The average molecular weight is 662 g/mol. The van der Waals surface area contributed by atoms with E-state index in [4.69, 9.17) is 11.6 Å². The van der Waals surface area contributed by atoms with Gasteiger partial charge in [0.15, 0.2) is 0 Å². The van der Waals surface area contributed by atoms with Crippen molar-refractivity contribution in [2.24, 2.45) is 0 Å². The van der Waals surface area contributed by atoms with Gasteiger partial charge in [-0.25, -0.2) is 31.5 Å². The molecule has 0 saturated heterocycles. The summed E-state index contributed by atoms with van der Waals surface area (Å²) >= 11 is 6.25. The van der Waals surface area contributed by atoms with Gasteiger partial charge in [-0.1, -0.05) is 48.0 Å². The van der Waals surface area contributed by atoms with Crippen LogP contribution in [0.25, 0.3) is 0 Å². The predicted octanol–water partition coefficient (Wildman–Crippen LogP) is 6.20. The van der Waals surface area contributed by atoms with E-state index in [0.717, 1.165) is 5.56 Å². The molecule has 0 unspecified atom stereocenters. The van der Waals surface area contributed by atoms with E-state index in [1.54, 1.807) is 73.7 Å². The van der Waals surface area contributed by atoms with E-state index in [1.165, 1.54) is 46.9 Å². The summed E-state index contributed by atoms with van der Waals surface area (Å²) in [6.07, 6.45) is 1.45. The number of carbonyl (C=O) groups excluding carboxylic acids is 1. The van der Waals surface area contributed by atoms with E-state index < -0.39 is 26.0 Å². The smallest absolute Gasteiger partial charge is 0.264 e. The average Bonchev–Trinajstić information content (AvgIpc) is 3.02. The minimum Gasteiger partial charge on any atom is -0.322 e. The lowest BCUT2D eigenvalue weighted by Gasteiger charge is -2.26. The van der Waals surface area contributed by atoms with Gasteiger partial charge >= 0.3 is 0 Å². The largest absolute Gasteiger partial charge is 0.322 e. The van der Waals surface area contributed by atoms with Gasteiger partial charge in [-0.3, -0.25) is 9.10 Å². The van der Waals surface area contributed by atoms with Gasteiger partial charge in [-0.15, -0.1) is 0 Å². The lowest BCUT2D eigenvalue weighted by atomic mass is 10.1. The fourth-order valence-electron chi connectivity index (χ4n) is 4.40. The number of carbonyl (C=O) groups is 1. The van der Waals surface area contributed by atoms with Crippen LogP contribution < -0.4 is 14.3 Å². The Morgan fingerprint density at radius 2 is 1.51 bits per heavy atom. The molecule has 0 aliphatic carbocycles. The van der Waals surface area contributed by atoms with Crippen LogP contribution in [-0.4, -0.2) is 32.7 Å². The Morgan fingerprint density at radius 3 is 2.18 bits per heavy atom. The van der Waals surface area contributed by atoms with Crippen molar-refractivity contribution in [2.75, 3.05) is 14.3 Å². The second-order valence-electron chi connectivity index (χ2n) is 10.1. The Hall–Kier alpha value is -4.78. The van der Waals surface area contributed by atoms with E-state index in [2.05, 4.69) is 20.0 Å². The van der Waals surface area contributed by atoms with Crippen LogP contribution in [0.2, 0.25) is 5.02 Å². The highest BCUT2D eigenvalue weighted by Crippen LogP contribution is 2.31. The summed E-state index contributed by atoms with van der Waals surface area (Å²) in [5, 5.41) is 3.14. The number of hydrogen-bond acceptors (Lipinski definition) is 7. The topological polar surface area (TPSA) is 138 Å². The minimum absolute atomic E-state index is 0.00211. The fourth-order valence-corrected chi connectivity index (χ4v) is 7.04. The van der Waals surface area contributed by atoms with Crippen molar-refractivity contribution in [3.8, 4) is 0 Å². The van der Waals surface area contributed by atoms with Gasteiger partial charge in [0.25, 0.3) is 26.0 Å². The van der Waals surface area contributed by atoms with Gasteiger partial charge in [-0.05, 0) is 91.7 Å². The van der Waals surface area contributed by atoms with E-state index >= 15 is 0 Å². The first-order valence-electron chi connectivity index (χ1n) is 13.6. The summed E-state index contributed by atoms with van der Waals surface area (Å²) in [7, 11) is -7.89. The molecule has 1 amide bonds. The molecule has 1 heterocycles. The SMILES string of the molecule is Cc1ccnc(NS(=O)(=O)c2ccc(NC(=O)c3ccc(CN(c4cc(Cl)ccc4C)S(=O)(=O)c4ccccc4)cc3)cc2)n1. The Labute approximate surface area is 266 Å². The molecular weight excluding hydrogens is 634 g/mol. The van der Waals surface area contributed by atoms with Crippen molar-refractivity contribution in [1.29, 1.82) is 0 Å². The molecule has 0 aliphatic heterocycles. The highest BCUT2D eigenvalue weighted by atomic mass is 35.5. The normalized spacial score (nSPS) is 11.5. The number of aromatic nitrogens is 2. The van der Waals surface area contributed by atoms with Gasteiger partial charge in [0.2, 0.25) is 5.95 Å². The lowest BCUT2D eigenvalue weighted by Crippen LogP contribution is -2.31. The van der Waals surface area contributed by atoms with Crippen LogP contribution in [0.3, 0.4) is 0 Å². The third-order valence-electron chi connectivity index (χ3n) is 6.76. The van der Waals surface area contributed by atoms with Gasteiger partial charge in [0, 0.05) is 28.2 Å². The number of nitrogens with zero attached hydrogens (tertiary/aromatic N) is 3. The van der Waals surface area contributed by atoms with E-state index in [-0.39, 0.29) is 22.3 Å². The van der Waals surface area contributed by atoms with Gasteiger partial charge in [-0.2, -0.15) is 0 Å². The second-order valence-corrected chi connectivity index (χ2v) is 14.0.